The third-order valence-electron chi connectivity index (χ3n) is 1.93. The molecule has 0 saturated heterocycles. The minimum atomic E-state index is 0.752. The monoisotopic (exact) mass is 345 g/mol. The van der Waals surface area contributed by atoms with E-state index < -0.39 is 0 Å². The molecule has 0 aromatic carbocycles. The first-order chi connectivity index (χ1) is 7.75. The van der Waals surface area contributed by atoms with E-state index in [1.807, 2.05) is 6.07 Å². The van der Waals surface area contributed by atoms with E-state index in [-0.39, 0.29) is 0 Å². The second-order valence-corrected chi connectivity index (χ2v) is 4.86. The average molecular weight is 347 g/mol. The fourth-order valence-corrected chi connectivity index (χ4v) is 2.32. The molecule has 0 amide bonds. The van der Waals surface area contributed by atoms with Crippen LogP contribution in [0.5, 0.6) is 0 Å². The summed E-state index contributed by atoms with van der Waals surface area (Å²) in [5.41, 5.74) is 0. The van der Waals surface area contributed by atoms with Crippen molar-refractivity contribution in [1.82, 2.24) is 20.2 Å². The first-order valence-electron chi connectivity index (χ1n) is 4.65. The number of nitrogens with zero attached hydrogens (tertiary/aromatic N) is 3. The number of aromatic amines is 1. The molecule has 16 heavy (non-hydrogen) atoms. The Balaban J connectivity index is 1.90. The SMILES string of the molecule is Brc1cnc(NCCc2ncn[nH]2)c(Br)c1. The van der Waals surface area contributed by atoms with Gasteiger partial charge in [0.2, 0.25) is 0 Å². The van der Waals surface area contributed by atoms with Gasteiger partial charge in [0, 0.05) is 23.6 Å². The van der Waals surface area contributed by atoms with Crippen molar-refractivity contribution in [2.75, 3.05) is 11.9 Å². The molecule has 2 heterocycles. The quantitative estimate of drug-likeness (QED) is 0.892. The number of pyridine rings is 1. The van der Waals surface area contributed by atoms with Gasteiger partial charge in [0.25, 0.3) is 0 Å². The maximum absolute atomic E-state index is 4.25. The summed E-state index contributed by atoms with van der Waals surface area (Å²) >= 11 is 6.79. The third kappa shape index (κ3) is 3.02. The van der Waals surface area contributed by atoms with Gasteiger partial charge in [0.15, 0.2) is 0 Å². The van der Waals surface area contributed by atoms with Crippen LogP contribution in [0.25, 0.3) is 0 Å². The average Bonchev–Trinajstić information content (AvgIpc) is 2.74. The maximum Gasteiger partial charge on any atom is 0.140 e. The molecule has 0 aliphatic heterocycles. The number of aromatic nitrogens is 4. The van der Waals surface area contributed by atoms with Crippen molar-refractivity contribution < 1.29 is 0 Å². The predicted molar refractivity (Wildman–Crippen MR) is 68.2 cm³/mol. The topological polar surface area (TPSA) is 66.5 Å². The number of nitrogens with one attached hydrogen (secondary N) is 2. The second kappa shape index (κ2) is 5.40. The lowest BCUT2D eigenvalue weighted by Gasteiger charge is -2.06. The Morgan fingerprint density at radius 3 is 2.88 bits per heavy atom. The lowest BCUT2D eigenvalue weighted by molar-refractivity contribution is 0.896. The molecule has 0 aliphatic carbocycles. The van der Waals surface area contributed by atoms with Crippen LogP contribution in [-0.2, 0) is 6.42 Å². The van der Waals surface area contributed by atoms with Crippen molar-refractivity contribution in [3.05, 3.63) is 33.4 Å². The Morgan fingerprint density at radius 2 is 2.19 bits per heavy atom. The van der Waals surface area contributed by atoms with Crippen molar-refractivity contribution in [2.45, 2.75) is 6.42 Å². The summed E-state index contributed by atoms with van der Waals surface area (Å²) in [4.78, 5) is 8.28. The number of rotatable bonds is 4. The first kappa shape index (κ1) is 11.5. The van der Waals surface area contributed by atoms with Crippen LogP contribution in [0.15, 0.2) is 27.5 Å². The Labute approximate surface area is 109 Å². The van der Waals surface area contributed by atoms with E-state index in [9.17, 15) is 0 Å². The van der Waals surface area contributed by atoms with Gasteiger partial charge in [-0.2, -0.15) is 5.10 Å². The predicted octanol–water partition coefficient (Wildman–Crippen LogP) is 2.38. The number of H-pyrrole nitrogens is 1. The van der Waals surface area contributed by atoms with E-state index in [1.165, 1.54) is 6.33 Å². The second-order valence-electron chi connectivity index (χ2n) is 3.09. The summed E-state index contributed by atoms with van der Waals surface area (Å²) in [6, 6.07) is 1.95. The van der Waals surface area contributed by atoms with Crippen LogP contribution in [0.2, 0.25) is 0 Å². The van der Waals surface area contributed by atoms with Gasteiger partial charge in [-0.3, -0.25) is 5.10 Å². The molecule has 2 N–H and O–H groups in total. The molecule has 2 aromatic heterocycles. The summed E-state index contributed by atoms with van der Waals surface area (Å²) in [6.45, 7) is 0.752. The van der Waals surface area contributed by atoms with Gasteiger partial charge < -0.3 is 5.32 Å². The number of hydrogen-bond acceptors (Lipinski definition) is 4. The minimum absolute atomic E-state index is 0.752. The van der Waals surface area contributed by atoms with E-state index in [0.717, 1.165) is 33.6 Å². The molecule has 5 nitrogen and oxygen atoms in total. The van der Waals surface area contributed by atoms with E-state index in [2.05, 4.69) is 57.3 Å². The van der Waals surface area contributed by atoms with Crippen molar-refractivity contribution in [3.63, 3.8) is 0 Å². The molecule has 0 aliphatic rings. The summed E-state index contributed by atoms with van der Waals surface area (Å²) in [6.07, 6.45) is 4.04. The minimum Gasteiger partial charge on any atom is -0.369 e. The molecule has 2 aromatic rings. The Morgan fingerprint density at radius 1 is 1.31 bits per heavy atom. The van der Waals surface area contributed by atoms with Crippen LogP contribution in [-0.4, -0.2) is 26.7 Å². The number of anilines is 1. The third-order valence-corrected chi connectivity index (χ3v) is 2.97. The number of halogens is 2. The summed E-state index contributed by atoms with van der Waals surface area (Å²) in [5.74, 6) is 1.68. The zero-order chi connectivity index (χ0) is 11.4. The van der Waals surface area contributed by atoms with E-state index in [0.29, 0.717) is 0 Å². The summed E-state index contributed by atoms with van der Waals surface area (Å²) < 4.78 is 1.87. The maximum atomic E-state index is 4.25. The van der Waals surface area contributed by atoms with Gasteiger partial charge >= 0.3 is 0 Å². The van der Waals surface area contributed by atoms with Crippen LogP contribution in [0.4, 0.5) is 5.82 Å². The molecule has 0 spiro atoms. The molecule has 0 fully saturated rings. The van der Waals surface area contributed by atoms with Crippen LogP contribution in [0.3, 0.4) is 0 Å². The largest absolute Gasteiger partial charge is 0.369 e. The highest BCUT2D eigenvalue weighted by Gasteiger charge is 2.02. The zero-order valence-electron chi connectivity index (χ0n) is 8.24. The van der Waals surface area contributed by atoms with Crippen molar-refractivity contribution in [3.8, 4) is 0 Å². The molecule has 7 heteroatoms. The van der Waals surface area contributed by atoms with Gasteiger partial charge in [-0.25, -0.2) is 9.97 Å². The van der Waals surface area contributed by atoms with Crippen LogP contribution < -0.4 is 5.32 Å². The van der Waals surface area contributed by atoms with Gasteiger partial charge in [0.05, 0.1) is 4.47 Å². The highest BCUT2D eigenvalue weighted by atomic mass is 79.9. The standard InChI is InChI=1S/C9H9Br2N5/c10-6-3-7(11)9(13-4-6)12-2-1-8-14-5-15-16-8/h3-5H,1-2H2,(H,12,13)(H,14,15,16). The molecule has 0 saturated carbocycles. The molecule has 0 radical (unpaired) electrons. The molecule has 0 unspecified atom stereocenters. The Bertz CT molecular complexity index is 457. The fourth-order valence-electron chi connectivity index (χ4n) is 1.20. The van der Waals surface area contributed by atoms with E-state index in [4.69, 9.17) is 0 Å². The normalized spacial score (nSPS) is 10.4. The van der Waals surface area contributed by atoms with Crippen molar-refractivity contribution >= 4 is 37.7 Å². The Kier molecular flexibility index (Phi) is 3.89. The highest BCUT2D eigenvalue weighted by molar-refractivity contribution is 9.11. The number of hydrogen-bond donors (Lipinski definition) is 2. The smallest absolute Gasteiger partial charge is 0.140 e. The van der Waals surface area contributed by atoms with Gasteiger partial charge in [-0.1, -0.05) is 0 Å². The van der Waals surface area contributed by atoms with Crippen LogP contribution in [0.1, 0.15) is 5.82 Å². The lowest BCUT2D eigenvalue weighted by Crippen LogP contribution is -2.07. The lowest BCUT2D eigenvalue weighted by atomic mass is 10.4. The van der Waals surface area contributed by atoms with Gasteiger partial charge in [-0.15, -0.1) is 0 Å². The Hall–Kier alpha value is -0.950. The molecular formula is C9H9Br2N5. The summed E-state index contributed by atoms with van der Waals surface area (Å²) in [5, 5.41) is 9.80. The molecule has 0 atom stereocenters. The van der Waals surface area contributed by atoms with Crippen LogP contribution >= 0.6 is 31.9 Å². The fraction of sp³-hybridized carbons (Fsp3) is 0.222. The van der Waals surface area contributed by atoms with E-state index in [1.54, 1.807) is 6.20 Å². The van der Waals surface area contributed by atoms with Crippen molar-refractivity contribution in [2.24, 2.45) is 0 Å². The molecule has 2 rings (SSSR count). The molecule has 0 bridgehead atoms. The molecule has 84 valence electrons. The summed E-state index contributed by atoms with van der Waals surface area (Å²) in [7, 11) is 0. The first-order valence-corrected chi connectivity index (χ1v) is 6.23. The molecular weight excluding hydrogens is 338 g/mol. The van der Waals surface area contributed by atoms with Gasteiger partial charge in [0.1, 0.15) is 18.0 Å². The van der Waals surface area contributed by atoms with Crippen LogP contribution in [0, 0.1) is 0 Å². The van der Waals surface area contributed by atoms with Gasteiger partial charge in [-0.05, 0) is 37.9 Å². The highest BCUT2D eigenvalue weighted by Crippen LogP contribution is 2.23. The zero-order valence-corrected chi connectivity index (χ0v) is 11.4. The van der Waals surface area contributed by atoms with E-state index >= 15 is 0 Å². The van der Waals surface area contributed by atoms with Crippen molar-refractivity contribution in [1.29, 1.82) is 0 Å².